The Kier molecular flexibility index (Phi) is 5.37. The van der Waals surface area contributed by atoms with Crippen molar-refractivity contribution in [2.24, 2.45) is 0 Å². The summed E-state index contributed by atoms with van der Waals surface area (Å²) in [5.41, 5.74) is 1.20. The molecular formula is C18H15NO4. The van der Waals surface area contributed by atoms with E-state index in [1.165, 1.54) is 13.2 Å². The lowest BCUT2D eigenvalue weighted by atomic mass is 10.1. The number of carboxylic acid groups (broad SMARTS) is 1. The standard InChI is InChI=1S/C18H15NO4/c1-22-16-8-7-14(9-15(11-19)18(20)21)10-17(16)23-12-13-5-3-2-4-6-13/h2-10H,12H2,1H3,(H,20,21)/b15-9-. The van der Waals surface area contributed by atoms with Crippen LogP contribution < -0.4 is 9.47 Å². The third kappa shape index (κ3) is 4.35. The number of methoxy groups -OCH3 is 1. The highest BCUT2D eigenvalue weighted by molar-refractivity contribution is 5.96. The first-order chi connectivity index (χ1) is 11.1. The Morgan fingerprint density at radius 3 is 2.57 bits per heavy atom. The molecule has 0 fully saturated rings. The molecule has 0 amide bonds. The molecule has 1 N–H and O–H groups in total. The minimum absolute atomic E-state index is 0.343. The van der Waals surface area contributed by atoms with Gasteiger partial charge in [-0.1, -0.05) is 36.4 Å². The molecule has 0 saturated carbocycles. The first-order valence-corrected chi connectivity index (χ1v) is 6.84. The fourth-order valence-electron chi connectivity index (χ4n) is 1.94. The van der Waals surface area contributed by atoms with Crippen LogP contribution in [0.1, 0.15) is 11.1 Å². The molecule has 2 aromatic carbocycles. The van der Waals surface area contributed by atoms with Crippen LogP contribution >= 0.6 is 0 Å². The zero-order valence-corrected chi connectivity index (χ0v) is 12.5. The van der Waals surface area contributed by atoms with Crippen molar-refractivity contribution in [2.75, 3.05) is 7.11 Å². The van der Waals surface area contributed by atoms with Gasteiger partial charge in [0.2, 0.25) is 0 Å². The third-order valence-electron chi connectivity index (χ3n) is 3.09. The Labute approximate surface area is 134 Å². The van der Waals surface area contributed by atoms with Gasteiger partial charge in [-0.15, -0.1) is 0 Å². The number of carboxylic acids is 1. The van der Waals surface area contributed by atoms with E-state index in [-0.39, 0.29) is 5.57 Å². The second-order valence-electron chi connectivity index (χ2n) is 4.66. The summed E-state index contributed by atoms with van der Waals surface area (Å²) in [5.74, 6) is -0.255. The average Bonchev–Trinajstić information content (AvgIpc) is 2.58. The van der Waals surface area contributed by atoms with Crippen molar-refractivity contribution in [1.82, 2.24) is 0 Å². The van der Waals surface area contributed by atoms with Gasteiger partial charge in [0.15, 0.2) is 11.5 Å². The van der Waals surface area contributed by atoms with E-state index in [1.54, 1.807) is 24.3 Å². The predicted octanol–water partition coefficient (Wildman–Crippen LogP) is 3.27. The molecule has 0 bridgehead atoms. The number of hydrogen-bond donors (Lipinski definition) is 1. The molecule has 23 heavy (non-hydrogen) atoms. The van der Waals surface area contributed by atoms with Gasteiger partial charge in [0.1, 0.15) is 18.2 Å². The minimum atomic E-state index is -1.27. The summed E-state index contributed by atoms with van der Waals surface area (Å²) >= 11 is 0. The minimum Gasteiger partial charge on any atom is -0.493 e. The van der Waals surface area contributed by atoms with Crippen LogP contribution in [-0.4, -0.2) is 18.2 Å². The van der Waals surface area contributed by atoms with Crippen LogP contribution in [-0.2, 0) is 11.4 Å². The third-order valence-corrected chi connectivity index (χ3v) is 3.09. The molecule has 5 nitrogen and oxygen atoms in total. The Bertz CT molecular complexity index is 760. The maximum atomic E-state index is 10.9. The van der Waals surface area contributed by atoms with Crippen LogP contribution in [0.25, 0.3) is 6.08 Å². The van der Waals surface area contributed by atoms with E-state index in [0.717, 1.165) is 5.56 Å². The van der Waals surface area contributed by atoms with Gasteiger partial charge in [-0.3, -0.25) is 0 Å². The van der Waals surface area contributed by atoms with Gasteiger partial charge >= 0.3 is 5.97 Å². The fourth-order valence-corrected chi connectivity index (χ4v) is 1.94. The molecule has 2 rings (SSSR count). The molecule has 0 radical (unpaired) electrons. The summed E-state index contributed by atoms with van der Waals surface area (Å²) < 4.78 is 11.0. The van der Waals surface area contributed by atoms with E-state index in [2.05, 4.69) is 0 Å². The lowest BCUT2D eigenvalue weighted by Crippen LogP contribution is -1.99. The normalized spacial score (nSPS) is 10.7. The topological polar surface area (TPSA) is 79.5 Å². The Hall–Kier alpha value is -3.26. The zero-order valence-electron chi connectivity index (χ0n) is 12.5. The first-order valence-electron chi connectivity index (χ1n) is 6.84. The fraction of sp³-hybridized carbons (Fsp3) is 0.111. The molecule has 0 heterocycles. The molecule has 116 valence electrons. The van der Waals surface area contributed by atoms with E-state index >= 15 is 0 Å². The highest BCUT2D eigenvalue weighted by atomic mass is 16.5. The number of nitriles is 1. The van der Waals surface area contributed by atoms with Gasteiger partial charge in [-0.2, -0.15) is 5.26 Å². The van der Waals surface area contributed by atoms with Crippen molar-refractivity contribution in [3.63, 3.8) is 0 Å². The molecule has 0 aromatic heterocycles. The van der Waals surface area contributed by atoms with Crippen molar-refractivity contribution in [3.05, 3.63) is 65.2 Å². The Balaban J connectivity index is 2.25. The zero-order chi connectivity index (χ0) is 16.7. The van der Waals surface area contributed by atoms with Crippen LogP contribution in [0.3, 0.4) is 0 Å². The second-order valence-corrected chi connectivity index (χ2v) is 4.66. The van der Waals surface area contributed by atoms with Crippen molar-refractivity contribution < 1.29 is 19.4 Å². The highest BCUT2D eigenvalue weighted by Gasteiger charge is 2.09. The van der Waals surface area contributed by atoms with Crippen molar-refractivity contribution in [3.8, 4) is 17.6 Å². The Morgan fingerprint density at radius 1 is 1.22 bits per heavy atom. The van der Waals surface area contributed by atoms with Crippen molar-refractivity contribution >= 4 is 12.0 Å². The van der Waals surface area contributed by atoms with E-state index in [9.17, 15) is 4.79 Å². The van der Waals surface area contributed by atoms with Gasteiger partial charge < -0.3 is 14.6 Å². The molecule has 0 aliphatic heterocycles. The van der Waals surface area contributed by atoms with Crippen LogP contribution in [0.2, 0.25) is 0 Å². The molecule has 5 heteroatoms. The number of ether oxygens (including phenoxy) is 2. The van der Waals surface area contributed by atoms with Gasteiger partial charge in [0, 0.05) is 0 Å². The number of carbonyl (C=O) groups is 1. The number of rotatable bonds is 6. The van der Waals surface area contributed by atoms with Crippen molar-refractivity contribution in [1.29, 1.82) is 5.26 Å². The van der Waals surface area contributed by atoms with E-state index < -0.39 is 5.97 Å². The first kappa shape index (κ1) is 16.1. The lowest BCUT2D eigenvalue weighted by Gasteiger charge is -2.11. The van der Waals surface area contributed by atoms with E-state index in [4.69, 9.17) is 19.8 Å². The van der Waals surface area contributed by atoms with Gasteiger partial charge in [-0.05, 0) is 29.3 Å². The van der Waals surface area contributed by atoms with Crippen LogP contribution in [0, 0.1) is 11.3 Å². The predicted molar refractivity (Wildman–Crippen MR) is 85.0 cm³/mol. The number of aliphatic carboxylic acids is 1. The highest BCUT2D eigenvalue weighted by Crippen LogP contribution is 2.29. The van der Waals surface area contributed by atoms with Gasteiger partial charge in [0.25, 0.3) is 0 Å². The molecule has 0 aliphatic carbocycles. The molecule has 0 atom stereocenters. The SMILES string of the molecule is COc1ccc(/C=C(/C#N)C(=O)O)cc1OCc1ccccc1. The molecular weight excluding hydrogens is 294 g/mol. The van der Waals surface area contributed by atoms with E-state index in [0.29, 0.717) is 23.7 Å². The van der Waals surface area contributed by atoms with Crippen LogP contribution in [0.5, 0.6) is 11.5 Å². The summed E-state index contributed by atoms with van der Waals surface area (Å²) in [5, 5.41) is 17.7. The number of benzene rings is 2. The number of nitrogens with zero attached hydrogens (tertiary/aromatic N) is 1. The largest absolute Gasteiger partial charge is 0.493 e. The lowest BCUT2D eigenvalue weighted by molar-refractivity contribution is -0.132. The smallest absolute Gasteiger partial charge is 0.346 e. The summed E-state index contributed by atoms with van der Waals surface area (Å²) in [6, 6.07) is 16.3. The molecule has 0 saturated heterocycles. The number of hydrogen-bond acceptors (Lipinski definition) is 4. The monoisotopic (exact) mass is 309 g/mol. The average molecular weight is 309 g/mol. The summed E-state index contributed by atoms with van der Waals surface area (Å²) in [4.78, 5) is 10.9. The van der Waals surface area contributed by atoms with Gasteiger partial charge in [0.05, 0.1) is 7.11 Å². The summed E-state index contributed by atoms with van der Waals surface area (Å²) in [6.45, 7) is 0.356. The van der Waals surface area contributed by atoms with Crippen LogP contribution in [0.15, 0.2) is 54.1 Å². The molecule has 0 aliphatic rings. The van der Waals surface area contributed by atoms with Crippen molar-refractivity contribution in [2.45, 2.75) is 6.61 Å². The van der Waals surface area contributed by atoms with Gasteiger partial charge in [-0.25, -0.2) is 4.79 Å². The van der Waals surface area contributed by atoms with Crippen LogP contribution in [0.4, 0.5) is 0 Å². The molecule has 2 aromatic rings. The Morgan fingerprint density at radius 2 is 1.96 bits per heavy atom. The maximum absolute atomic E-state index is 10.9. The quantitative estimate of drug-likeness (QED) is 0.654. The van der Waals surface area contributed by atoms with E-state index in [1.807, 2.05) is 30.3 Å². The maximum Gasteiger partial charge on any atom is 0.346 e. The second kappa shape index (κ2) is 7.66. The molecule has 0 spiro atoms. The summed E-state index contributed by atoms with van der Waals surface area (Å²) in [7, 11) is 1.53. The summed E-state index contributed by atoms with van der Waals surface area (Å²) in [6.07, 6.45) is 1.29. The molecule has 0 unspecified atom stereocenters.